The number of carboxylic acid groups (broad SMARTS) is 1. The van der Waals surface area contributed by atoms with Gasteiger partial charge >= 0.3 is 24.2 Å². The van der Waals surface area contributed by atoms with Gasteiger partial charge < -0.3 is 89.6 Å². The molecule has 0 radical (unpaired) electrons. The van der Waals surface area contributed by atoms with Gasteiger partial charge in [-0.2, -0.15) is 13.2 Å². The van der Waals surface area contributed by atoms with Crippen LogP contribution in [0.4, 0.5) is 18.0 Å². The van der Waals surface area contributed by atoms with E-state index in [0.717, 1.165) is 6.92 Å². The number of esters is 1. The Balaban J connectivity index is 6.58. The molecule has 0 unspecified atom stereocenters. The highest BCUT2D eigenvalue weighted by molar-refractivity contribution is 5.99. The van der Waals surface area contributed by atoms with E-state index in [2.05, 4.69) is 36.3 Å². The maximum atomic E-state index is 14.2. The van der Waals surface area contributed by atoms with Crippen molar-refractivity contribution in [3.05, 3.63) is 0 Å². The summed E-state index contributed by atoms with van der Waals surface area (Å²) in [4.78, 5) is 146. The molecule has 11 atom stereocenters. The zero-order chi connectivity index (χ0) is 59.2. The van der Waals surface area contributed by atoms with E-state index in [1.165, 1.54) is 6.92 Å². The molecule has 9 amide bonds. The van der Waals surface area contributed by atoms with E-state index in [9.17, 15) is 86.3 Å². The van der Waals surface area contributed by atoms with Crippen molar-refractivity contribution in [2.24, 2.45) is 39.9 Å². The number of ether oxygens (including phenoxy) is 2. The summed E-state index contributed by atoms with van der Waals surface area (Å²) in [6, 6.07) is -12.8. The highest BCUT2D eigenvalue weighted by Gasteiger charge is 2.43. The van der Waals surface area contributed by atoms with Crippen LogP contribution in [0.1, 0.15) is 94.9 Å². The Morgan fingerprint density at radius 2 is 1.16 bits per heavy atom. The molecule has 18 N–H and O–H groups in total. The molecule has 0 aliphatic rings. The predicted molar refractivity (Wildman–Crippen MR) is 259 cm³/mol. The minimum atomic E-state index is -5.56. The van der Waals surface area contributed by atoms with E-state index < -0.39 is 163 Å². The second kappa shape index (κ2) is 31.7. The molecule has 0 bridgehead atoms. The number of primary amides is 1. The molecule has 76 heavy (non-hydrogen) atoms. The van der Waals surface area contributed by atoms with Gasteiger partial charge in [-0.05, 0) is 64.7 Å². The number of alkyl halides is 3. The van der Waals surface area contributed by atoms with Crippen LogP contribution >= 0.6 is 0 Å². The van der Waals surface area contributed by atoms with Crippen molar-refractivity contribution in [1.82, 2.24) is 42.5 Å². The third kappa shape index (κ3) is 25.4. The lowest BCUT2D eigenvalue weighted by atomic mass is 9.96. The molecule has 0 aliphatic carbocycles. The van der Waals surface area contributed by atoms with Gasteiger partial charge in [-0.25, -0.2) is 14.4 Å². The van der Waals surface area contributed by atoms with Crippen molar-refractivity contribution < 1.29 is 95.8 Å². The van der Waals surface area contributed by atoms with Crippen LogP contribution in [0.3, 0.4) is 0 Å². The summed E-state index contributed by atoms with van der Waals surface area (Å²) >= 11 is 0. The Morgan fingerprint density at radius 1 is 0.645 bits per heavy atom. The lowest BCUT2D eigenvalue weighted by Gasteiger charge is -2.31. The predicted octanol–water partition coefficient (Wildman–Crippen LogP) is -4.52. The number of carbonyl (C=O) groups excluding carboxylic acids is 10. The first-order valence-electron chi connectivity index (χ1n) is 23.8. The van der Waals surface area contributed by atoms with Crippen LogP contribution in [-0.4, -0.2) is 184 Å². The molecule has 29 nitrogen and oxygen atoms in total. The molecular weight excluding hydrogens is 1030 g/mol. The maximum Gasteiger partial charge on any atom is 0.490 e. The SMILES string of the molecule is CC[C@H](C)[C@H](NC(=O)[C@@H](CCCN=C(N)N)NC(=O)[C@H](CC(C)C)NC(=O)[C@@H](NC(=O)OC(C)(C)C)[C@H](O)C(C)C)C(=O)N[C@H](C(=O)NCC(=O)N[C@H](C(=O)N[C@@H](COC(=O)C(F)(F)F)C(=O)O)[C@H](O)C(N)=O)[C@H](C)O. The molecular formula is C44H75F3N12O17. The van der Waals surface area contributed by atoms with Crippen LogP contribution < -0.4 is 59.7 Å². The van der Waals surface area contributed by atoms with Crippen LogP contribution in [0.25, 0.3) is 0 Å². The third-order valence-electron chi connectivity index (χ3n) is 10.6. The van der Waals surface area contributed by atoms with Gasteiger partial charge in [0.1, 0.15) is 48.5 Å². The second-order valence-corrected chi connectivity index (χ2v) is 19.3. The lowest BCUT2D eigenvalue weighted by Crippen LogP contribution is -2.62. The van der Waals surface area contributed by atoms with Crippen molar-refractivity contribution in [3.8, 4) is 0 Å². The average molecular weight is 1100 g/mol. The number of nitrogens with two attached hydrogens (primary N) is 3. The van der Waals surface area contributed by atoms with Crippen molar-refractivity contribution in [3.63, 3.8) is 0 Å². The fourth-order valence-corrected chi connectivity index (χ4v) is 6.37. The number of aliphatic imine (C=N–C) groups is 1. The first kappa shape index (κ1) is 68.9. The first-order chi connectivity index (χ1) is 34.8. The summed E-state index contributed by atoms with van der Waals surface area (Å²) in [5.41, 5.74) is 14.9. The zero-order valence-corrected chi connectivity index (χ0v) is 43.9. The number of hydrogen-bond acceptors (Lipinski definition) is 17. The van der Waals surface area contributed by atoms with E-state index in [0.29, 0.717) is 0 Å². The number of aliphatic hydroxyl groups is 3. The van der Waals surface area contributed by atoms with Gasteiger partial charge in [0.05, 0.1) is 18.8 Å². The fraction of sp³-hybridized carbons (Fsp3) is 0.727. The van der Waals surface area contributed by atoms with E-state index in [-0.39, 0.29) is 44.1 Å². The Bertz CT molecular complexity index is 2070. The number of carboxylic acids is 1. The summed E-state index contributed by atoms with van der Waals surface area (Å²) in [5, 5.41) is 58.7. The van der Waals surface area contributed by atoms with Crippen LogP contribution in [-0.2, 0) is 57.4 Å². The van der Waals surface area contributed by atoms with Gasteiger partial charge in [-0.3, -0.25) is 43.3 Å². The highest BCUT2D eigenvalue weighted by atomic mass is 19.4. The topological polar surface area (TPSA) is 474 Å². The number of rotatable bonds is 31. The van der Waals surface area contributed by atoms with E-state index in [1.807, 2.05) is 5.32 Å². The zero-order valence-electron chi connectivity index (χ0n) is 43.9. The molecule has 0 saturated heterocycles. The smallest absolute Gasteiger partial charge is 0.480 e. The lowest BCUT2D eigenvalue weighted by molar-refractivity contribution is -0.200. The molecule has 32 heteroatoms. The van der Waals surface area contributed by atoms with Crippen LogP contribution in [0, 0.1) is 17.8 Å². The summed E-state index contributed by atoms with van der Waals surface area (Å²) in [6.45, 7) is 12.8. The van der Waals surface area contributed by atoms with Crippen LogP contribution in [0.2, 0.25) is 0 Å². The molecule has 0 aromatic heterocycles. The second-order valence-electron chi connectivity index (χ2n) is 19.3. The van der Waals surface area contributed by atoms with Gasteiger partial charge in [0.25, 0.3) is 0 Å². The van der Waals surface area contributed by atoms with Crippen LogP contribution in [0.5, 0.6) is 0 Å². The van der Waals surface area contributed by atoms with Crippen molar-refractivity contribution in [2.45, 2.75) is 167 Å². The Morgan fingerprint density at radius 3 is 1.63 bits per heavy atom. The van der Waals surface area contributed by atoms with E-state index >= 15 is 0 Å². The molecule has 434 valence electrons. The average Bonchev–Trinajstić information content (AvgIpc) is 3.29. The van der Waals surface area contributed by atoms with Crippen molar-refractivity contribution >= 4 is 71.2 Å². The summed E-state index contributed by atoms with van der Waals surface area (Å²) in [6.07, 6.45) is -12.3. The van der Waals surface area contributed by atoms with Crippen molar-refractivity contribution in [1.29, 1.82) is 0 Å². The van der Waals surface area contributed by atoms with Crippen molar-refractivity contribution in [2.75, 3.05) is 19.7 Å². The number of hydrogen-bond donors (Lipinski definition) is 15. The molecule has 0 spiro atoms. The Kier molecular flexibility index (Phi) is 28.8. The number of guanidine groups is 1. The Hall–Kier alpha value is -7.09. The van der Waals surface area contributed by atoms with E-state index in [4.69, 9.17) is 21.9 Å². The standard InChI is InChI=1S/C44H75F3N12O17/c1-11-20(6)26(36(68)58-27(21(7)60)35(67)52-16-25(61)56-29(31(63)32(48)64)38(70)55-24(39(71)72)17-75-40(73)44(45,46)47)57-33(65)22(13-12-14-51-41(49)50)53-34(66)23(15-18(2)3)54-37(69)28(30(62)19(4)5)59-42(74)76-43(8,9)10/h18-24,26-31,60,62-63H,11-17H2,1-10H3,(H2,48,64)(H,52,67)(H,53,66)(H,54,69)(H,55,70)(H,56,61)(H,57,65)(H,58,68)(H,59,74)(H,71,72)(H4,49,50,51)/t20-,21-,22+,23-,24-,26-,27-,28-,29-,30+,31-/m0/s1. The van der Waals surface area contributed by atoms with Gasteiger partial charge in [0, 0.05) is 6.54 Å². The molecule has 0 heterocycles. The molecule has 0 saturated carbocycles. The van der Waals surface area contributed by atoms with Gasteiger partial charge in [0.15, 0.2) is 18.1 Å². The van der Waals surface area contributed by atoms with Crippen LogP contribution in [0.15, 0.2) is 4.99 Å². The maximum absolute atomic E-state index is 14.2. The number of aliphatic hydroxyl groups excluding tert-OH is 3. The minimum absolute atomic E-state index is 0.0193. The number of aliphatic carboxylic acids is 1. The van der Waals surface area contributed by atoms with E-state index in [1.54, 1.807) is 66.0 Å². The molecule has 0 rings (SSSR count). The monoisotopic (exact) mass is 1100 g/mol. The number of alkyl carbamates (subject to hydrolysis) is 1. The van der Waals surface area contributed by atoms with Gasteiger partial charge in [0.2, 0.25) is 47.3 Å². The molecule has 0 aromatic rings. The summed E-state index contributed by atoms with van der Waals surface area (Å²) in [7, 11) is 0. The molecule has 0 aromatic carbocycles. The number of nitrogens with zero attached hydrogens (tertiary/aromatic N) is 1. The molecule has 0 fully saturated rings. The number of carbonyl (C=O) groups is 11. The largest absolute Gasteiger partial charge is 0.490 e. The fourth-order valence-electron chi connectivity index (χ4n) is 6.37. The number of halogens is 3. The van der Waals surface area contributed by atoms with Gasteiger partial charge in [-0.15, -0.1) is 0 Å². The number of nitrogens with one attached hydrogen (secondary N) is 8. The Labute approximate surface area is 435 Å². The normalized spacial score (nSPS) is 15.9. The quantitative estimate of drug-likeness (QED) is 0.0135. The summed E-state index contributed by atoms with van der Waals surface area (Å²) in [5.74, 6) is -16.8. The minimum Gasteiger partial charge on any atom is -0.480 e. The summed E-state index contributed by atoms with van der Waals surface area (Å²) < 4.78 is 46.8. The number of amides is 9. The third-order valence-corrected chi connectivity index (χ3v) is 10.6. The first-order valence-corrected chi connectivity index (χ1v) is 23.8. The van der Waals surface area contributed by atoms with Gasteiger partial charge in [-0.1, -0.05) is 48.0 Å². The highest BCUT2D eigenvalue weighted by Crippen LogP contribution is 2.17. The molecule has 0 aliphatic heterocycles.